The fraction of sp³-hybridized carbons (Fsp3) is 0.444. The minimum absolute atomic E-state index is 0.00959. The maximum Gasteiger partial charge on any atom is 0.266 e. The summed E-state index contributed by atoms with van der Waals surface area (Å²) in [7, 11) is 1.73. The summed E-state index contributed by atoms with van der Waals surface area (Å²) < 4.78 is 1.45. The Morgan fingerprint density at radius 3 is 2.95 bits per heavy atom. The molecule has 0 N–H and O–H groups in total. The molecule has 0 spiro atoms. The highest BCUT2D eigenvalue weighted by molar-refractivity contribution is 5.33. The van der Waals surface area contributed by atoms with E-state index in [2.05, 4.69) is 34.3 Å². The summed E-state index contributed by atoms with van der Waals surface area (Å²) in [4.78, 5) is 14.4. The highest BCUT2D eigenvalue weighted by Gasteiger charge is 2.29. The lowest BCUT2D eigenvalue weighted by Crippen LogP contribution is -2.38. The van der Waals surface area contributed by atoms with Gasteiger partial charge in [0, 0.05) is 38.7 Å². The zero-order valence-corrected chi connectivity index (χ0v) is 13.0. The Kier molecular flexibility index (Phi) is 3.34. The van der Waals surface area contributed by atoms with Gasteiger partial charge in [0.05, 0.1) is 5.69 Å². The van der Waals surface area contributed by atoms with Crippen molar-refractivity contribution in [2.45, 2.75) is 38.3 Å². The lowest BCUT2D eigenvalue weighted by Gasteiger charge is -2.38. The standard InChI is InChI=1S/C18H21N3O/c1-20-18(22)11-14-12-21(10-9-16(14)19-20)17-8-4-6-13-5-2-3-7-15(13)17/h2-3,5,7,11,17H,4,6,8-10,12H2,1H3/t17-/m1/s1. The maximum atomic E-state index is 11.9. The second-order valence-corrected chi connectivity index (χ2v) is 6.41. The van der Waals surface area contributed by atoms with E-state index in [-0.39, 0.29) is 5.56 Å². The Labute approximate surface area is 130 Å². The molecule has 2 aliphatic rings. The molecule has 0 amide bonds. The number of rotatable bonds is 1. The number of hydrogen-bond acceptors (Lipinski definition) is 3. The van der Waals surface area contributed by atoms with Crippen LogP contribution < -0.4 is 5.56 Å². The molecule has 1 aromatic heterocycles. The summed E-state index contributed by atoms with van der Waals surface area (Å²) in [5, 5.41) is 4.41. The third-order valence-electron chi connectivity index (χ3n) is 5.05. The molecule has 4 rings (SSSR count). The Morgan fingerprint density at radius 2 is 2.05 bits per heavy atom. The molecule has 1 aromatic carbocycles. The summed E-state index contributed by atoms with van der Waals surface area (Å²) in [6, 6.07) is 11.1. The molecule has 1 aliphatic heterocycles. The normalized spacial score (nSPS) is 21.2. The van der Waals surface area contributed by atoms with Crippen molar-refractivity contribution in [2.75, 3.05) is 6.54 Å². The van der Waals surface area contributed by atoms with Crippen molar-refractivity contribution in [3.05, 3.63) is 63.1 Å². The fourth-order valence-corrected chi connectivity index (χ4v) is 3.89. The Bertz CT molecular complexity index is 765. The molecular formula is C18H21N3O. The van der Waals surface area contributed by atoms with Gasteiger partial charge in [0.25, 0.3) is 5.56 Å². The Hall–Kier alpha value is -1.94. The van der Waals surface area contributed by atoms with E-state index in [1.165, 1.54) is 35.1 Å². The van der Waals surface area contributed by atoms with Gasteiger partial charge in [-0.1, -0.05) is 24.3 Å². The second kappa shape index (κ2) is 5.36. The third-order valence-corrected chi connectivity index (χ3v) is 5.05. The van der Waals surface area contributed by atoms with E-state index >= 15 is 0 Å². The van der Waals surface area contributed by atoms with Gasteiger partial charge in [0.15, 0.2) is 0 Å². The van der Waals surface area contributed by atoms with Crippen LogP contribution in [-0.4, -0.2) is 21.2 Å². The van der Waals surface area contributed by atoms with Crippen LogP contribution in [0.3, 0.4) is 0 Å². The summed E-state index contributed by atoms with van der Waals surface area (Å²) in [6.45, 7) is 1.87. The Morgan fingerprint density at radius 1 is 1.18 bits per heavy atom. The van der Waals surface area contributed by atoms with Gasteiger partial charge < -0.3 is 0 Å². The van der Waals surface area contributed by atoms with Crippen LogP contribution in [0.2, 0.25) is 0 Å². The van der Waals surface area contributed by atoms with E-state index in [0.29, 0.717) is 6.04 Å². The third kappa shape index (κ3) is 2.28. The zero-order chi connectivity index (χ0) is 15.1. The van der Waals surface area contributed by atoms with E-state index in [9.17, 15) is 4.79 Å². The summed E-state index contributed by atoms with van der Waals surface area (Å²) >= 11 is 0. The van der Waals surface area contributed by atoms with E-state index in [4.69, 9.17) is 0 Å². The van der Waals surface area contributed by atoms with Gasteiger partial charge >= 0.3 is 0 Å². The van der Waals surface area contributed by atoms with Crippen molar-refractivity contribution < 1.29 is 0 Å². The van der Waals surface area contributed by atoms with E-state index in [0.717, 1.165) is 30.8 Å². The van der Waals surface area contributed by atoms with Crippen LogP contribution in [0.4, 0.5) is 0 Å². The predicted molar refractivity (Wildman–Crippen MR) is 85.7 cm³/mol. The highest BCUT2D eigenvalue weighted by atomic mass is 16.1. The molecule has 22 heavy (non-hydrogen) atoms. The molecule has 114 valence electrons. The smallest absolute Gasteiger partial charge is 0.266 e. The molecule has 4 heteroatoms. The van der Waals surface area contributed by atoms with Gasteiger partial charge in [-0.2, -0.15) is 5.10 Å². The number of aromatic nitrogens is 2. The van der Waals surface area contributed by atoms with Gasteiger partial charge in [0.1, 0.15) is 0 Å². The first-order valence-corrected chi connectivity index (χ1v) is 8.10. The lowest BCUT2D eigenvalue weighted by atomic mass is 9.86. The average molecular weight is 295 g/mol. The molecular weight excluding hydrogens is 274 g/mol. The van der Waals surface area contributed by atoms with Gasteiger partial charge in [-0.05, 0) is 36.0 Å². The van der Waals surface area contributed by atoms with Gasteiger partial charge in [0.2, 0.25) is 0 Å². The summed E-state index contributed by atoms with van der Waals surface area (Å²) in [6.07, 6.45) is 4.59. The van der Waals surface area contributed by atoms with Crippen molar-refractivity contribution in [3.63, 3.8) is 0 Å². The first-order valence-electron chi connectivity index (χ1n) is 8.10. The van der Waals surface area contributed by atoms with E-state index in [1.54, 1.807) is 13.1 Å². The molecule has 0 bridgehead atoms. The van der Waals surface area contributed by atoms with E-state index in [1.807, 2.05) is 0 Å². The van der Waals surface area contributed by atoms with Crippen molar-refractivity contribution in [1.82, 2.24) is 14.7 Å². The van der Waals surface area contributed by atoms with Crippen LogP contribution in [-0.2, 0) is 26.4 Å². The number of nitrogens with zero attached hydrogens (tertiary/aromatic N) is 3. The molecule has 0 radical (unpaired) electrons. The van der Waals surface area contributed by atoms with Gasteiger partial charge in [-0.15, -0.1) is 0 Å². The SMILES string of the molecule is Cn1nc2c(cc1=O)CN([C@@H]1CCCc3ccccc31)CC2. The maximum absolute atomic E-state index is 11.9. The topological polar surface area (TPSA) is 38.1 Å². The molecule has 1 atom stereocenters. The molecule has 0 unspecified atom stereocenters. The molecule has 4 nitrogen and oxygen atoms in total. The molecule has 0 fully saturated rings. The monoisotopic (exact) mass is 295 g/mol. The Balaban J connectivity index is 1.66. The number of benzene rings is 1. The van der Waals surface area contributed by atoms with Crippen LogP contribution in [0.5, 0.6) is 0 Å². The van der Waals surface area contributed by atoms with Crippen LogP contribution in [0, 0.1) is 0 Å². The van der Waals surface area contributed by atoms with Crippen molar-refractivity contribution in [3.8, 4) is 0 Å². The van der Waals surface area contributed by atoms with Crippen LogP contribution in [0.25, 0.3) is 0 Å². The van der Waals surface area contributed by atoms with Gasteiger partial charge in [-0.3, -0.25) is 9.69 Å². The largest absolute Gasteiger partial charge is 0.292 e. The first kappa shape index (κ1) is 13.7. The number of fused-ring (bicyclic) bond motifs is 2. The molecule has 2 aromatic rings. The average Bonchev–Trinajstić information content (AvgIpc) is 2.55. The fourth-order valence-electron chi connectivity index (χ4n) is 3.89. The van der Waals surface area contributed by atoms with Gasteiger partial charge in [-0.25, -0.2) is 4.68 Å². The van der Waals surface area contributed by atoms with Crippen molar-refractivity contribution >= 4 is 0 Å². The minimum Gasteiger partial charge on any atom is -0.292 e. The van der Waals surface area contributed by atoms with Crippen LogP contribution >= 0.6 is 0 Å². The van der Waals surface area contributed by atoms with Crippen LogP contribution in [0.1, 0.15) is 41.3 Å². The first-order chi connectivity index (χ1) is 10.7. The zero-order valence-electron chi connectivity index (χ0n) is 13.0. The van der Waals surface area contributed by atoms with Crippen molar-refractivity contribution in [1.29, 1.82) is 0 Å². The van der Waals surface area contributed by atoms with Crippen LogP contribution in [0.15, 0.2) is 35.1 Å². The quantitative estimate of drug-likeness (QED) is 0.809. The molecule has 0 saturated heterocycles. The number of hydrogen-bond donors (Lipinski definition) is 0. The van der Waals surface area contributed by atoms with E-state index < -0.39 is 0 Å². The summed E-state index contributed by atoms with van der Waals surface area (Å²) in [5.41, 5.74) is 5.16. The predicted octanol–water partition coefficient (Wildman–Crippen LogP) is 2.22. The number of aryl methyl sites for hydroxylation is 2. The minimum atomic E-state index is -0.00959. The van der Waals surface area contributed by atoms with Crippen molar-refractivity contribution in [2.24, 2.45) is 7.05 Å². The molecule has 2 heterocycles. The second-order valence-electron chi connectivity index (χ2n) is 6.41. The summed E-state index contributed by atoms with van der Waals surface area (Å²) in [5.74, 6) is 0. The molecule has 0 saturated carbocycles. The molecule has 1 aliphatic carbocycles. The lowest BCUT2D eigenvalue weighted by molar-refractivity contribution is 0.159. The highest BCUT2D eigenvalue weighted by Crippen LogP contribution is 2.36.